The van der Waals surface area contributed by atoms with E-state index in [-0.39, 0.29) is 17.1 Å². The van der Waals surface area contributed by atoms with Crippen LogP contribution in [0.5, 0.6) is 0 Å². The number of imidazole rings is 1. The van der Waals surface area contributed by atoms with Gasteiger partial charge in [-0.15, -0.1) is 0 Å². The molecule has 4 rings (SSSR count). The molecule has 170 valence electrons. The third-order valence-electron chi connectivity index (χ3n) is 5.76. The molecule has 0 spiro atoms. The monoisotopic (exact) mass is 512 g/mol. The van der Waals surface area contributed by atoms with Gasteiger partial charge in [-0.2, -0.15) is 0 Å². The minimum atomic E-state index is -3.73. The Morgan fingerprint density at radius 3 is 2.38 bits per heavy atom. The Labute approximate surface area is 203 Å². The molecule has 2 heterocycles. The molecule has 3 aromatic rings. The van der Waals surface area contributed by atoms with Crippen LogP contribution in [-0.4, -0.2) is 30.6 Å². The molecule has 0 saturated carbocycles. The molecule has 1 aliphatic heterocycles. The third kappa shape index (κ3) is 4.92. The number of anilines is 1. The Morgan fingerprint density at radius 2 is 1.75 bits per heavy atom. The number of nitrogens with one attached hydrogen (secondary N) is 1. The van der Waals surface area contributed by atoms with E-state index >= 15 is 0 Å². The lowest BCUT2D eigenvalue weighted by atomic mass is 9.91. The van der Waals surface area contributed by atoms with Crippen molar-refractivity contribution in [3.05, 3.63) is 75.1 Å². The molecule has 2 atom stereocenters. The summed E-state index contributed by atoms with van der Waals surface area (Å²) >= 11 is 18.7. The highest BCUT2D eigenvalue weighted by molar-refractivity contribution is 7.89. The van der Waals surface area contributed by atoms with Crippen molar-refractivity contribution in [2.24, 2.45) is 7.05 Å². The number of benzene rings is 2. The molecule has 1 aromatic heterocycles. The van der Waals surface area contributed by atoms with E-state index in [1.807, 2.05) is 30.3 Å². The van der Waals surface area contributed by atoms with Gasteiger partial charge in [-0.3, -0.25) is 0 Å². The summed E-state index contributed by atoms with van der Waals surface area (Å²) in [6.07, 6.45) is 2.71. The van der Waals surface area contributed by atoms with Gasteiger partial charge in [0.1, 0.15) is 5.82 Å². The van der Waals surface area contributed by atoms with E-state index in [0.29, 0.717) is 40.3 Å². The average Bonchev–Trinajstić information content (AvgIpc) is 3.08. The summed E-state index contributed by atoms with van der Waals surface area (Å²) in [7, 11) is -1.96. The van der Waals surface area contributed by atoms with Crippen molar-refractivity contribution in [1.29, 1.82) is 0 Å². The quantitative estimate of drug-likeness (QED) is 0.497. The van der Waals surface area contributed by atoms with Gasteiger partial charge in [0.25, 0.3) is 10.0 Å². The third-order valence-corrected chi connectivity index (χ3v) is 7.94. The normalized spacial score (nSPS) is 19.3. The molecule has 1 unspecified atom stereocenters. The lowest BCUT2D eigenvalue weighted by Crippen LogP contribution is -2.46. The second-order valence-electron chi connectivity index (χ2n) is 7.94. The number of hydrogen-bond acceptors (Lipinski definition) is 4. The van der Waals surface area contributed by atoms with Gasteiger partial charge >= 0.3 is 0 Å². The number of aryl methyl sites for hydroxylation is 2. The number of sulfonamides is 1. The number of rotatable bonds is 5. The second-order valence-corrected chi connectivity index (χ2v) is 10.9. The van der Waals surface area contributed by atoms with Crippen LogP contribution in [0, 0.1) is 6.92 Å². The molecule has 1 fully saturated rings. The molecule has 0 bridgehead atoms. The fraction of sp³-hybridized carbons (Fsp3) is 0.318. The smallest absolute Gasteiger partial charge is 0.259 e. The first kappa shape index (κ1) is 23.4. The van der Waals surface area contributed by atoms with Crippen LogP contribution in [-0.2, 0) is 17.1 Å². The largest absolute Gasteiger partial charge is 0.363 e. The molecule has 1 aliphatic rings. The SMILES string of the molecule is Cc1nc(S(=O)(=O)NC2CCN(c3ccc(Cl)cc3Cl)[C@H](c3ccc(Cl)cc3)C2)cn1C. The predicted octanol–water partition coefficient (Wildman–Crippen LogP) is 5.38. The van der Waals surface area contributed by atoms with Crippen LogP contribution in [0.3, 0.4) is 0 Å². The van der Waals surface area contributed by atoms with Gasteiger partial charge in [0, 0.05) is 35.9 Å². The molecule has 0 aliphatic carbocycles. The van der Waals surface area contributed by atoms with Crippen molar-refractivity contribution in [2.45, 2.75) is 36.9 Å². The van der Waals surface area contributed by atoms with Crippen LogP contribution in [0.1, 0.15) is 30.3 Å². The maximum absolute atomic E-state index is 12.9. The lowest BCUT2D eigenvalue weighted by Gasteiger charge is -2.41. The number of piperidine rings is 1. The zero-order chi connectivity index (χ0) is 23.0. The van der Waals surface area contributed by atoms with Gasteiger partial charge in [0.05, 0.1) is 16.8 Å². The summed E-state index contributed by atoms with van der Waals surface area (Å²) in [5.74, 6) is 0.636. The van der Waals surface area contributed by atoms with Crippen molar-refractivity contribution in [3.8, 4) is 0 Å². The zero-order valence-electron chi connectivity index (χ0n) is 17.6. The van der Waals surface area contributed by atoms with Crippen LogP contribution < -0.4 is 9.62 Å². The molecule has 6 nitrogen and oxygen atoms in total. The first-order valence-electron chi connectivity index (χ1n) is 10.1. The number of nitrogens with zero attached hydrogens (tertiary/aromatic N) is 3. The van der Waals surface area contributed by atoms with E-state index in [9.17, 15) is 8.42 Å². The summed E-state index contributed by atoms with van der Waals surface area (Å²) in [5, 5.41) is 1.79. The summed E-state index contributed by atoms with van der Waals surface area (Å²) in [6, 6.07) is 12.7. The van der Waals surface area contributed by atoms with Crippen molar-refractivity contribution in [1.82, 2.24) is 14.3 Å². The minimum Gasteiger partial charge on any atom is -0.363 e. The topological polar surface area (TPSA) is 67.2 Å². The van der Waals surface area contributed by atoms with Crippen molar-refractivity contribution < 1.29 is 8.42 Å². The van der Waals surface area contributed by atoms with E-state index < -0.39 is 10.0 Å². The van der Waals surface area contributed by atoms with Crippen molar-refractivity contribution in [2.75, 3.05) is 11.4 Å². The average molecular weight is 514 g/mol. The highest BCUT2D eigenvalue weighted by Crippen LogP contribution is 2.39. The Bertz CT molecular complexity index is 1210. The maximum Gasteiger partial charge on any atom is 0.259 e. The molecule has 1 N–H and O–H groups in total. The molecular formula is C22H23Cl3N4O2S. The van der Waals surface area contributed by atoms with Crippen molar-refractivity contribution >= 4 is 50.5 Å². The zero-order valence-corrected chi connectivity index (χ0v) is 20.7. The Hall–Kier alpha value is -1.77. The van der Waals surface area contributed by atoms with E-state index in [4.69, 9.17) is 34.8 Å². The minimum absolute atomic E-state index is 0.0312. The van der Waals surface area contributed by atoms with Gasteiger partial charge < -0.3 is 9.47 Å². The highest BCUT2D eigenvalue weighted by atomic mass is 35.5. The molecule has 1 saturated heterocycles. The Kier molecular flexibility index (Phi) is 6.75. The fourth-order valence-corrected chi connectivity index (χ4v) is 5.98. The molecular weight excluding hydrogens is 491 g/mol. The lowest BCUT2D eigenvalue weighted by molar-refractivity contribution is 0.394. The van der Waals surface area contributed by atoms with Gasteiger partial charge in [0.15, 0.2) is 5.03 Å². The van der Waals surface area contributed by atoms with Crippen molar-refractivity contribution in [3.63, 3.8) is 0 Å². The van der Waals surface area contributed by atoms with Crippen LogP contribution in [0.2, 0.25) is 15.1 Å². The summed E-state index contributed by atoms with van der Waals surface area (Å²) in [5.41, 5.74) is 1.88. The van der Waals surface area contributed by atoms with E-state index in [1.54, 1.807) is 30.7 Å². The summed E-state index contributed by atoms with van der Waals surface area (Å²) in [6.45, 7) is 2.38. The standard InChI is InChI=1S/C22H23Cl3N4O2S/c1-14-26-22(13-28(14)2)32(30,31)27-18-9-10-29(20-8-7-17(24)11-19(20)25)21(12-18)15-3-5-16(23)6-4-15/h3-8,11,13,18,21,27H,9-10,12H2,1-2H3/t18?,21-/m0/s1. The fourth-order valence-electron chi connectivity index (χ4n) is 4.01. The number of aromatic nitrogens is 2. The highest BCUT2D eigenvalue weighted by Gasteiger charge is 2.33. The van der Waals surface area contributed by atoms with Gasteiger partial charge in [0.2, 0.25) is 0 Å². The Balaban J connectivity index is 1.63. The molecule has 2 aromatic carbocycles. The molecule has 0 amide bonds. The van der Waals surface area contributed by atoms with Gasteiger partial charge in [-0.1, -0.05) is 46.9 Å². The molecule has 10 heteroatoms. The Morgan fingerprint density at radius 1 is 1.06 bits per heavy atom. The van der Waals surface area contributed by atoms with Crippen LogP contribution in [0.15, 0.2) is 53.7 Å². The predicted molar refractivity (Wildman–Crippen MR) is 129 cm³/mol. The summed E-state index contributed by atoms with van der Waals surface area (Å²) in [4.78, 5) is 6.37. The number of hydrogen-bond donors (Lipinski definition) is 1. The van der Waals surface area contributed by atoms with E-state index in [2.05, 4.69) is 14.6 Å². The van der Waals surface area contributed by atoms with Crippen LogP contribution >= 0.6 is 34.8 Å². The van der Waals surface area contributed by atoms with E-state index in [0.717, 1.165) is 11.3 Å². The summed E-state index contributed by atoms with van der Waals surface area (Å²) < 4.78 is 30.4. The first-order valence-corrected chi connectivity index (χ1v) is 12.8. The van der Waals surface area contributed by atoms with Crippen LogP contribution in [0.25, 0.3) is 0 Å². The second kappa shape index (κ2) is 9.23. The first-order chi connectivity index (χ1) is 15.1. The number of halogens is 3. The molecule has 32 heavy (non-hydrogen) atoms. The van der Waals surface area contributed by atoms with Gasteiger partial charge in [-0.05, 0) is 55.7 Å². The van der Waals surface area contributed by atoms with E-state index in [1.165, 1.54) is 6.20 Å². The molecule has 0 radical (unpaired) electrons. The maximum atomic E-state index is 12.9. The van der Waals surface area contributed by atoms with Gasteiger partial charge in [-0.25, -0.2) is 18.1 Å². The van der Waals surface area contributed by atoms with Crippen LogP contribution in [0.4, 0.5) is 5.69 Å².